The van der Waals surface area contributed by atoms with E-state index >= 15 is 0 Å². The first-order chi connectivity index (χ1) is 10.1. The fourth-order valence-corrected chi connectivity index (χ4v) is 2.32. The molecule has 0 heterocycles. The second-order valence-electron chi connectivity index (χ2n) is 5.43. The third-order valence-corrected chi connectivity index (χ3v) is 3.30. The molecule has 0 atom stereocenters. The minimum absolute atomic E-state index is 0.0413. The van der Waals surface area contributed by atoms with Crippen molar-refractivity contribution >= 4 is 16.7 Å². The highest BCUT2D eigenvalue weighted by molar-refractivity contribution is 5.87. The summed E-state index contributed by atoms with van der Waals surface area (Å²) in [4.78, 5) is 11.5. The van der Waals surface area contributed by atoms with Gasteiger partial charge in [0.15, 0.2) is 0 Å². The van der Waals surface area contributed by atoms with Gasteiger partial charge in [0.25, 0.3) is 0 Å². The van der Waals surface area contributed by atoms with Crippen LogP contribution in [0.4, 0.5) is 0 Å². The van der Waals surface area contributed by atoms with Gasteiger partial charge in [-0.3, -0.25) is 4.79 Å². The molecule has 0 unspecified atom stereocenters. The topological polar surface area (TPSA) is 61.4 Å². The highest BCUT2D eigenvalue weighted by Crippen LogP contribution is 2.26. The Bertz CT molecular complexity index is 623. The van der Waals surface area contributed by atoms with Gasteiger partial charge in [0.2, 0.25) is 5.91 Å². The number of amides is 1. The molecule has 0 spiro atoms. The molecule has 0 saturated heterocycles. The van der Waals surface area contributed by atoms with Gasteiger partial charge in [0.05, 0.1) is 0 Å². The molecule has 0 fully saturated rings. The number of hydrogen-bond acceptors (Lipinski definition) is 3. The van der Waals surface area contributed by atoms with E-state index in [-0.39, 0.29) is 17.7 Å². The predicted molar refractivity (Wildman–Crippen MR) is 85.2 cm³/mol. The first-order valence-corrected chi connectivity index (χ1v) is 7.27. The number of phenolic OH excluding ortho intramolecular Hbond substituents is 1. The zero-order valence-corrected chi connectivity index (χ0v) is 12.5. The number of carbonyl (C=O) groups is 1. The Morgan fingerprint density at radius 1 is 1.19 bits per heavy atom. The monoisotopic (exact) mass is 286 g/mol. The number of fused-ring (bicyclic) bond motifs is 1. The van der Waals surface area contributed by atoms with Gasteiger partial charge in [-0.2, -0.15) is 0 Å². The second kappa shape index (κ2) is 7.09. The molecule has 2 aromatic carbocycles. The maximum absolute atomic E-state index is 11.5. The van der Waals surface area contributed by atoms with Crippen LogP contribution in [0, 0.1) is 0 Å². The normalized spacial score (nSPS) is 11.0. The first-order valence-electron chi connectivity index (χ1n) is 7.27. The molecule has 0 aromatic heterocycles. The Labute approximate surface area is 125 Å². The molecule has 4 nitrogen and oxygen atoms in total. The molecule has 0 bridgehead atoms. The van der Waals surface area contributed by atoms with E-state index < -0.39 is 0 Å². The highest BCUT2D eigenvalue weighted by atomic mass is 16.3. The van der Waals surface area contributed by atoms with E-state index in [0.717, 1.165) is 16.3 Å². The number of hydrogen-bond donors (Lipinski definition) is 3. The maximum atomic E-state index is 11.5. The number of aromatic hydroxyl groups is 1. The molecular formula is C17H22N2O2. The van der Waals surface area contributed by atoms with Crippen LogP contribution in [-0.2, 0) is 11.3 Å². The maximum Gasteiger partial charge on any atom is 0.221 e. The van der Waals surface area contributed by atoms with Gasteiger partial charge >= 0.3 is 0 Å². The largest absolute Gasteiger partial charge is 0.508 e. The van der Waals surface area contributed by atoms with E-state index in [9.17, 15) is 9.90 Å². The molecule has 4 heteroatoms. The van der Waals surface area contributed by atoms with E-state index in [1.165, 1.54) is 0 Å². The fourth-order valence-electron chi connectivity index (χ4n) is 2.32. The van der Waals surface area contributed by atoms with Crippen molar-refractivity contribution in [1.82, 2.24) is 10.6 Å². The van der Waals surface area contributed by atoms with Crippen LogP contribution in [0.3, 0.4) is 0 Å². The fraction of sp³-hybridized carbons (Fsp3) is 0.353. The lowest BCUT2D eigenvalue weighted by molar-refractivity contribution is -0.121. The molecule has 0 saturated carbocycles. The summed E-state index contributed by atoms with van der Waals surface area (Å²) < 4.78 is 0. The van der Waals surface area contributed by atoms with Crippen LogP contribution in [0.2, 0.25) is 0 Å². The van der Waals surface area contributed by atoms with Crippen LogP contribution in [-0.4, -0.2) is 23.6 Å². The van der Waals surface area contributed by atoms with E-state index in [1.807, 2.05) is 44.2 Å². The molecule has 3 N–H and O–H groups in total. The summed E-state index contributed by atoms with van der Waals surface area (Å²) in [5.74, 6) is 0.326. The molecule has 0 aliphatic rings. The van der Waals surface area contributed by atoms with Gasteiger partial charge in [-0.05, 0) is 30.7 Å². The standard InChI is InChI=1S/C17H22N2O2/c1-12(2)19-17(21)9-10-18-11-15-14-6-4-3-5-13(14)7-8-16(15)20/h3-8,12,18,20H,9-11H2,1-2H3,(H,19,21). The third kappa shape index (κ3) is 4.20. The summed E-state index contributed by atoms with van der Waals surface area (Å²) in [6.45, 7) is 5.02. The van der Waals surface area contributed by atoms with Crippen LogP contribution >= 0.6 is 0 Å². The average molecular weight is 286 g/mol. The van der Waals surface area contributed by atoms with Gasteiger partial charge in [-0.1, -0.05) is 30.3 Å². The van der Waals surface area contributed by atoms with Crippen molar-refractivity contribution in [2.45, 2.75) is 32.9 Å². The lowest BCUT2D eigenvalue weighted by atomic mass is 10.0. The van der Waals surface area contributed by atoms with Crippen molar-refractivity contribution in [2.24, 2.45) is 0 Å². The van der Waals surface area contributed by atoms with E-state index in [4.69, 9.17) is 0 Å². The summed E-state index contributed by atoms with van der Waals surface area (Å²) in [6, 6.07) is 11.7. The Hall–Kier alpha value is -2.07. The number of carbonyl (C=O) groups excluding carboxylic acids is 1. The molecular weight excluding hydrogens is 264 g/mol. The predicted octanol–water partition coefficient (Wildman–Crippen LogP) is 2.55. The molecule has 0 radical (unpaired) electrons. The van der Waals surface area contributed by atoms with Crippen LogP contribution in [0.15, 0.2) is 36.4 Å². The smallest absolute Gasteiger partial charge is 0.221 e. The second-order valence-corrected chi connectivity index (χ2v) is 5.43. The molecule has 1 amide bonds. The van der Waals surface area contributed by atoms with Crippen molar-refractivity contribution in [3.8, 4) is 5.75 Å². The Balaban J connectivity index is 1.95. The third-order valence-electron chi connectivity index (χ3n) is 3.30. The van der Waals surface area contributed by atoms with E-state index in [0.29, 0.717) is 19.5 Å². The minimum atomic E-state index is 0.0413. The van der Waals surface area contributed by atoms with Gasteiger partial charge in [0.1, 0.15) is 5.75 Å². The lowest BCUT2D eigenvalue weighted by Crippen LogP contribution is -2.32. The summed E-state index contributed by atoms with van der Waals surface area (Å²) >= 11 is 0. The van der Waals surface area contributed by atoms with Crippen molar-refractivity contribution in [2.75, 3.05) is 6.54 Å². The Kier molecular flexibility index (Phi) is 5.17. The SMILES string of the molecule is CC(C)NC(=O)CCNCc1c(O)ccc2ccccc12. The zero-order valence-electron chi connectivity index (χ0n) is 12.5. The van der Waals surface area contributed by atoms with Crippen molar-refractivity contribution < 1.29 is 9.90 Å². The molecule has 0 aliphatic heterocycles. The number of phenols is 1. The van der Waals surface area contributed by atoms with Gasteiger partial charge in [-0.15, -0.1) is 0 Å². The van der Waals surface area contributed by atoms with Crippen molar-refractivity contribution in [3.63, 3.8) is 0 Å². The molecule has 2 rings (SSSR count). The summed E-state index contributed by atoms with van der Waals surface area (Å²) in [6.07, 6.45) is 0.434. The summed E-state index contributed by atoms with van der Waals surface area (Å²) in [7, 11) is 0. The first kappa shape index (κ1) is 15.3. The highest BCUT2D eigenvalue weighted by Gasteiger charge is 2.07. The molecule has 0 aliphatic carbocycles. The van der Waals surface area contributed by atoms with E-state index in [1.54, 1.807) is 6.07 Å². The van der Waals surface area contributed by atoms with Crippen LogP contribution in [0.25, 0.3) is 10.8 Å². The molecule has 2 aromatic rings. The van der Waals surface area contributed by atoms with Crippen molar-refractivity contribution in [1.29, 1.82) is 0 Å². The van der Waals surface area contributed by atoms with Gasteiger partial charge in [0, 0.05) is 31.1 Å². The minimum Gasteiger partial charge on any atom is -0.508 e. The summed E-state index contributed by atoms with van der Waals surface area (Å²) in [5.41, 5.74) is 0.873. The zero-order chi connectivity index (χ0) is 15.2. The van der Waals surface area contributed by atoms with Crippen LogP contribution in [0.1, 0.15) is 25.8 Å². The Morgan fingerprint density at radius 3 is 2.71 bits per heavy atom. The van der Waals surface area contributed by atoms with Crippen molar-refractivity contribution in [3.05, 3.63) is 42.0 Å². The molecule has 21 heavy (non-hydrogen) atoms. The van der Waals surface area contributed by atoms with Crippen LogP contribution < -0.4 is 10.6 Å². The van der Waals surface area contributed by atoms with Gasteiger partial charge < -0.3 is 15.7 Å². The average Bonchev–Trinajstić information content (AvgIpc) is 2.44. The van der Waals surface area contributed by atoms with Crippen LogP contribution in [0.5, 0.6) is 5.75 Å². The number of benzene rings is 2. The van der Waals surface area contributed by atoms with E-state index in [2.05, 4.69) is 10.6 Å². The Morgan fingerprint density at radius 2 is 1.95 bits per heavy atom. The number of nitrogens with one attached hydrogen (secondary N) is 2. The lowest BCUT2D eigenvalue weighted by Gasteiger charge is -2.11. The van der Waals surface area contributed by atoms with Gasteiger partial charge in [-0.25, -0.2) is 0 Å². The summed E-state index contributed by atoms with van der Waals surface area (Å²) in [5, 5.41) is 18.2. The molecule has 112 valence electrons. The number of rotatable bonds is 6. The quantitative estimate of drug-likeness (QED) is 0.715.